The molecule has 1 aromatic heterocycles. The number of para-hydroxylation sites is 1. The lowest BCUT2D eigenvalue weighted by molar-refractivity contribution is -0.139. The van der Waals surface area contributed by atoms with Gasteiger partial charge in [-0.05, 0) is 42.7 Å². The van der Waals surface area contributed by atoms with Crippen molar-refractivity contribution in [2.45, 2.75) is 65.1 Å². The Morgan fingerprint density at radius 1 is 1.00 bits per heavy atom. The first-order valence-corrected chi connectivity index (χ1v) is 16.1. The van der Waals surface area contributed by atoms with Crippen LogP contribution >= 0.6 is 0 Å². The summed E-state index contributed by atoms with van der Waals surface area (Å²) in [5.41, 5.74) is 0.845. The lowest BCUT2D eigenvalue weighted by atomic mass is 9.90. The Balaban J connectivity index is 1.35. The topological polar surface area (TPSA) is 125 Å². The normalized spacial score (nSPS) is 24.1. The number of aromatic hydroxyl groups is 1. The Morgan fingerprint density at radius 2 is 1.78 bits per heavy atom. The predicted molar refractivity (Wildman–Crippen MR) is 169 cm³/mol. The molecule has 244 valence electrons. The number of carbonyl (C=O) groups excluding carboxylic acids is 3. The minimum atomic E-state index is -0.440. The van der Waals surface area contributed by atoms with Crippen LogP contribution in [-0.4, -0.2) is 107 Å². The maximum atomic E-state index is 14.0. The van der Waals surface area contributed by atoms with Crippen molar-refractivity contribution in [2.24, 2.45) is 11.3 Å². The van der Waals surface area contributed by atoms with Gasteiger partial charge in [0.2, 0.25) is 17.7 Å². The highest BCUT2D eigenvalue weighted by atomic mass is 16.5. The quantitative estimate of drug-likeness (QED) is 0.502. The number of likely N-dealkylation sites (tertiary alicyclic amines) is 1. The first-order valence-electron chi connectivity index (χ1n) is 16.1. The summed E-state index contributed by atoms with van der Waals surface area (Å²) in [5.74, 6) is 0.624. The van der Waals surface area contributed by atoms with E-state index >= 15 is 0 Å². The number of aromatic nitrogens is 1. The number of rotatable bonds is 3. The van der Waals surface area contributed by atoms with Gasteiger partial charge in [-0.25, -0.2) is 4.98 Å². The Morgan fingerprint density at radius 3 is 2.53 bits per heavy atom. The molecule has 3 amide bonds. The molecular formula is C34H47N5O6. The Bertz CT molecular complexity index is 1340. The van der Waals surface area contributed by atoms with Gasteiger partial charge in [-0.3, -0.25) is 19.3 Å². The van der Waals surface area contributed by atoms with Gasteiger partial charge in [0.1, 0.15) is 18.1 Å². The molecule has 0 spiro atoms. The molecule has 4 aliphatic rings. The molecule has 0 unspecified atom stereocenters. The summed E-state index contributed by atoms with van der Waals surface area (Å²) in [6.07, 6.45) is 2.54. The molecular weight excluding hydrogens is 574 g/mol. The third-order valence-electron chi connectivity index (χ3n) is 8.77. The van der Waals surface area contributed by atoms with Crippen molar-refractivity contribution in [3.8, 4) is 11.6 Å². The van der Waals surface area contributed by atoms with Gasteiger partial charge in [-0.2, -0.15) is 0 Å². The van der Waals surface area contributed by atoms with Crippen molar-refractivity contribution in [2.75, 3.05) is 52.5 Å². The van der Waals surface area contributed by atoms with Gasteiger partial charge >= 0.3 is 0 Å². The van der Waals surface area contributed by atoms with E-state index < -0.39 is 6.04 Å². The van der Waals surface area contributed by atoms with Crippen LogP contribution in [0.1, 0.15) is 62.5 Å². The molecule has 45 heavy (non-hydrogen) atoms. The number of fused-ring (bicyclic) bond motifs is 10. The van der Waals surface area contributed by atoms with E-state index in [2.05, 4.69) is 36.0 Å². The van der Waals surface area contributed by atoms with E-state index in [-0.39, 0.29) is 47.2 Å². The number of hydrogen-bond acceptors (Lipinski definition) is 8. The third kappa shape index (κ3) is 8.94. The predicted octanol–water partition coefficient (Wildman–Crippen LogP) is 3.07. The molecule has 2 saturated heterocycles. The molecule has 2 fully saturated rings. The Kier molecular flexibility index (Phi) is 10.6. The van der Waals surface area contributed by atoms with Gasteiger partial charge in [0.05, 0.1) is 19.3 Å². The zero-order valence-electron chi connectivity index (χ0n) is 26.7. The van der Waals surface area contributed by atoms with Crippen LogP contribution in [0.3, 0.4) is 0 Å². The molecule has 6 bridgehead atoms. The summed E-state index contributed by atoms with van der Waals surface area (Å²) in [7, 11) is 0. The van der Waals surface area contributed by atoms with Crippen LogP contribution in [0.15, 0.2) is 42.5 Å². The monoisotopic (exact) mass is 621 g/mol. The van der Waals surface area contributed by atoms with Gasteiger partial charge in [0.25, 0.3) is 5.91 Å². The summed E-state index contributed by atoms with van der Waals surface area (Å²) in [6, 6.07) is 11.5. The SMILES string of the molecule is CC(C)(C)CC(=O)N1CCOCCOc2cccc(n2)C(=O)N[C@@H]2C[C@@H](C(=O)N3CCC(CC3)C1)N(Cc1ccccc1O)C2. The number of nitrogens with one attached hydrogen (secondary N) is 1. The molecule has 0 radical (unpaired) electrons. The number of nitrogens with zero attached hydrogens (tertiary/aromatic N) is 4. The number of benzene rings is 1. The molecule has 6 rings (SSSR count). The second-order valence-corrected chi connectivity index (χ2v) is 13.6. The van der Waals surface area contributed by atoms with Gasteiger partial charge < -0.3 is 29.7 Å². The van der Waals surface area contributed by atoms with E-state index in [4.69, 9.17) is 9.47 Å². The van der Waals surface area contributed by atoms with Gasteiger partial charge in [0, 0.05) is 63.4 Å². The summed E-state index contributed by atoms with van der Waals surface area (Å²) in [6.45, 7) is 10.4. The second kappa shape index (κ2) is 14.6. The number of carbonyl (C=O) groups is 3. The molecule has 2 aromatic rings. The molecule has 2 N–H and O–H groups in total. The largest absolute Gasteiger partial charge is 0.508 e. The maximum Gasteiger partial charge on any atom is 0.270 e. The van der Waals surface area contributed by atoms with Crippen LogP contribution < -0.4 is 10.1 Å². The van der Waals surface area contributed by atoms with E-state index in [1.165, 1.54) is 0 Å². The highest BCUT2D eigenvalue weighted by molar-refractivity contribution is 5.92. The molecule has 5 heterocycles. The van der Waals surface area contributed by atoms with Crippen LogP contribution in [0.25, 0.3) is 0 Å². The smallest absolute Gasteiger partial charge is 0.270 e. The second-order valence-electron chi connectivity index (χ2n) is 13.6. The first kappa shape index (κ1) is 32.7. The molecule has 0 aliphatic carbocycles. The minimum absolute atomic E-state index is 0.0362. The molecule has 1 aromatic carbocycles. The van der Waals surface area contributed by atoms with Gasteiger partial charge in [0.15, 0.2) is 0 Å². The van der Waals surface area contributed by atoms with Crippen molar-refractivity contribution < 1.29 is 29.0 Å². The lowest BCUT2D eigenvalue weighted by Crippen LogP contribution is -2.49. The Labute approximate surface area is 265 Å². The van der Waals surface area contributed by atoms with Crippen LogP contribution in [0, 0.1) is 11.3 Å². The molecule has 11 heteroatoms. The molecule has 2 atom stereocenters. The van der Waals surface area contributed by atoms with Gasteiger partial charge in [-0.15, -0.1) is 0 Å². The maximum absolute atomic E-state index is 14.0. The van der Waals surface area contributed by atoms with E-state index in [0.717, 1.165) is 18.4 Å². The summed E-state index contributed by atoms with van der Waals surface area (Å²) in [4.78, 5) is 50.9. The van der Waals surface area contributed by atoms with Gasteiger partial charge in [-0.1, -0.05) is 45.0 Å². The standard InChI is InChI=1S/C34H47N5O6/c1-34(2,3)20-31(41)38-15-16-44-17-18-45-30-10-6-8-27(36-30)32(42)35-26-19-28(33(43)37-13-11-24(21-38)12-14-37)39(23-26)22-25-7-4-5-9-29(25)40/h4-10,24,26,28,40H,11-23H2,1-3H3,(H,35,42)/t26-,28+/m1/s1. The fraction of sp³-hybridized carbons (Fsp3) is 0.588. The van der Waals surface area contributed by atoms with Crippen LogP contribution in [0.5, 0.6) is 11.6 Å². The average Bonchev–Trinajstić information content (AvgIpc) is 3.40. The number of piperidine rings is 1. The zero-order valence-corrected chi connectivity index (χ0v) is 26.7. The highest BCUT2D eigenvalue weighted by Crippen LogP contribution is 2.29. The Hall–Kier alpha value is -3.70. The summed E-state index contributed by atoms with van der Waals surface area (Å²) < 4.78 is 11.6. The van der Waals surface area contributed by atoms with E-state index in [1.54, 1.807) is 30.3 Å². The third-order valence-corrected chi connectivity index (χ3v) is 8.77. The minimum Gasteiger partial charge on any atom is -0.508 e. The fourth-order valence-electron chi connectivity index (χ4n) is 6.41. The number of ether oxygens (including phenoxy) is 2. The van der Waals surface area contributed by atoms with Crippen molar-refractivity contribution in [1.82, 2.24) is 25.0 Å². The van der Waals surface area contributed by atoms with E-state index in [0.29, 0.717) is 77.1 Å². The first-order chi connectivity index (χ1) is 21.6. The van der Waals surface area contributed by atoms with E-state index in [9.17, 15) is 19.5 Å². The van der Waals surface area contributed by atoms with Crippen molar-refractivity contribution in [1.29, 1.82) is 0 Å². The summed E-state index contributed by atoms with van der Waals surface area (Å²) >= 11 is 0. The average molecular weight is 622 g/mol. The number of amides is 3. The van der Waals surface area contributed by atoms with E-state index in [1.807, 2.05) is 21.9 Å². The molecule has 0 saturated carbocycles. The fourth-order valence-corrected chi connectivity index (χ4v) is 6.41. The molecule has 4 aliphatic heterocycles. The number of hydrogen-bond donors (Lipinski definition) is 2. The number of pyridine rings is 1. The molecule has 11 nitrogen and oxygen atoms in total. The highest BCUT2D eigenvalue weighted by Gasteiger charge is 2.40. The number of phenols is 1. The van der Waals surface area contributed by atoms with Crippen LogP contribution in [0.4, 0.5) is 0 Å². The summed E-state index contributed by atoms with van der Waals surface area (Å²) in [5, 5.41) is 13.6. The van der Waals surface area contributed by atoms with Crippen molar-refractivity contribution in [3.63, 3.8) is 0 Å². The number of phenolic OH excluding ortho intramolecular Hbond substituents is 1. The van der Waals surface area contributed by atoms with Crippen molar-refractivity contribution >= 4 is 17.7 Å². The lowest BCUT2D eigenvalue weighted by Gasteiger charge is -2.37. The van der Waals surface area contributed by atoms with Crippen LogP contribution in [-0.2, 0) is 20.9 Å². The van der Waals surface area contributed by atoms with Crippen molar-refractivity contribution in [3.05, 3.63) is 53.7 Å². The zero-order chi connectivity index (χ0) is 32.0. The van der Waals surface area contributed by atoms with Crippen LogP contribution in [0.2, 0.25) is 0 Å².